The highest BCUT2D eigenvalue weighted by Gasteiger charge is 2.21. The summed E-state index contributed by atoms with van der Waals surface area (Å²) >= 11 is 0. The molecule has 1 heterocycles. The summed E-state index contributed by atoms with van der Waals surface area (Å²) in [6, 6.07) is 0. The van der Waals surface area contributed by atoms with Crippen LogP contribution >= 0.6 is 0 Å². The summed E-state index contributed by atoms with van der Waals surface area (Å²) in [5.74, 6) is -2.93. The molecule has 0 aromatic heterocycles. The first kappa shape index (κ1) is 23.2. The van der Waals surface area contributed by atoms with Gasteiger partial charge in [-0.2, -0.15) is 0 Å². The van der Waals surface area contributed by atoms with Gasteiger partial charge < -0.3 is 20.4 Å². The highest BCUT2D eigenvalue weighted by molar-refractivity contribution is 5.69. The summed E-state index contributed by atoms with van der Waals surface area (Å²) in [5, 5.41) is 37.2. The molecule has 156 valence electrons. The minimum absolute atomic E-state index is 0.167. The van der Waals surface area contributed by atoms with Gasteiger partial charge in [0.15, 0.2) is 0 Å². The largest absolute Gasteiger partial charge is 0.480 e. The number of nitrogens with zero attached hydrogens (tertiary/aromatic N) is 4. The van der Waals surface area contributed by atoms with Crippen molar-refractivity contribution in [2.45, 2.75) is 13.2 Å². The van der Waals surface area contributed by atoms with Crippen LogP contribution in [0.1, 0.15) is 6.92 Å². The van der Waals surface area contributed by atoms with Crippen molar-refractivity contribution in [2.24, 2.45) is 0 Å². The molecular formula is C16H30N4O7. The number of hydrogen-bond donors (Lipinski definition) is 4. The Morgan fingerprint density at radius 2 is 0.926 bits per heavy atom. The van der Waals surface area contributed by atoms with Crippen LogP contribution in [0.25, 0.3) is 0 Å². The maximum atomic E-state index is 11.1. The van der Waals surface area contributed by atoms with Gasteiger partial charge in [-0.25, -0.2) is 0 Å². The van der Waals surface area contributed by atoms with Gasteiger partial charge in [0.2, 0.25) is 0 Å². The van der Waals surface area contributed by atoms with E-state index in [4.69, 9.17) is 15.3 Å². The van der Waals surface area contributed by atoms with Crippen LogP contribution in [0.15, 0.2) is 0 Å². The molecule has 0 aliphatic carbocycles. The predicted molar refractivity (Wildman–Crippen MR) is 95.5 cm³/mol. The van der Waals surface area contributed by atoms with E-state index in [9.17, 15) is 19.5 Å². The van der Waals surface area contributed by atoms with E-state index in [2.05, 4.69) is 0 Å². The standard InChI is InChI=1S/C16H30N4O7/c1-13(21)20-8-6-18(11-15(24)25)4-2-17(10-14(22)23)3-5-19(7-9-20)12-16(26)27/h13,21H,2-12H2,1H3,(H,22,23)(H,24,25)(H,26,27). The molecule has 0 bridgehead atoms. The molecule has 1 saturated heterocycles. The minimum Gasteiger partial charge on any atom is -0.480 e. The molecule has 27 heavy (non-hydrogen) atoms. The molecular weight excluding hydrogens is 360 g/mol. The Kier molecular flexibility index (Phi) is 10.2. The fourth-order valence-corrected chi connectivity index (χ4v) is 2.97. The van der Waals surface area contributed by atoms with Crippen molar-refractivity contribution in [3.63, 3.8) is 0 Å². The Hall–Kier alpha value is -1.79. The Morgan fingerprint density at radius 1 is 0.667 bits per heavy atom. The number of aliphatic hydroxyl groups is 1. The number of hydrogen-bond acceptors (Lipinski definition) is 8. The Balaban J connectivity index is 2.88. The highest BCUT2D eigenvalue weighted by Crippen LogP contribution is 2.03. The fraction of sp³-hybridized carbons (Fsp3) is 0.812. The van der Waals surface area contributed by atoms with Gasteiger partial charge in [0.05, 0.1) is 19.6 Å². The van der Waals surface area contributed by atoms with E-state index in [1.807, 2.05) is 0 Å². The second-order valence-electron chi connectivity index (χ2n) is 6.68. The van der Waals surface area contributed by atoms with E-state index in [-0.39, 0.29) is 19.6 Å². The van der Waals surface area contributed by atoms with Gasteiger partial charge in [0.1, 0.15) is 6.23 Å². The second-order valence-corrected chi connectivity index (χ2v) is 6.68. The maximum Gasteiger partial charge on any atom is 0.317 e. The normalized spacial score (nSPS) is 21.1. The van der Waals surface area contributed by atoms with Crippen molar-refractivity contribution in [1.29, 1.82) is 0 Å². The third-order valence-corrected chi connectivity index (χ3v) is 4.48. The van der Waals surface area contributed by atoms with Gasteiger partial charge in [-0.1, -0.05) is 0 Å². The van der Waals surface area contributed by atoms with Gasteiger partial charge in [-0.15, -0.1) is 0 Å². The first-order chi connectivity index (χ1) is 12.7. The zero-order chi connectivity index (χ0) is 20.4. The van der Waals surface area contributed by atoms with Crippen LogP contribution in [0.3, 0.4) is 0 Å². The molecule has 11 heteroatoms. The lowest BCUT2D eigenvalue weighted by atomic mass is 10.3. The lowest BCUT2D eigenvalue weighted by Crippen LogP contribution is -2.49. The van der Waals surface area contributed by atoms with Gasteiger partial charge in [-0.05, 0) is 6.92 Å². The van der Waals surface area contributed by atoms with E-state index in [0.29, 0.717) is 52.4 Å². The van der Waals surface area contributed by atoms with Crippen LogP contribution < -0.4 is 0 Å². The lowest BCUT2D eigenvalue weighted by molar-refractivity contribution is -0.140. The number of carboxylic acids is 3. The van der Waals surface area contributed by atoms with Crippen LogP contribution in [0, 0.1) is 0 Å². The zero-order valence-electron chi connectivity index (χ0n) is 15.7. The van der Waals surface area contributed by atoms with Crippen LogP contribution in [-0.2, 0) is 14.4 Å². The van der Waals surface area contributed by atoms with Gasteiger partial charge in [-0.3, -0.25) is 34.0 Å². The molecule has 11 nitrogen and oxygen atoms in total. The third kappa shape index (κ3) is 10.2. The molecule has 0 aromatic carbocycles. The molecule has 0 saturated carbocycles. The highest BCUT2D eigenvalue weighted by atomic mass is 16.4. The van der Waals surface area contributed by atoms with Crippen LogP contribution in [-0.4, -0.2) is 136 Å². The molecule has 0 spiro atoms. The topological polar surface area (TPSA) is 145 Å². The SMILES string of the molecule is CC(O)N1CCN(CC(=O)O)CCN(CC(=O)O)CCN(CC(=O)O)CC1. The average molecular weight is 390 g/mol. The smallest absolute Gasteiger partial charge is 0.317 e. The number of aliphatic carboxylic acids is 3. The molecule has 1 aliphatic rings. The molecule has 4 N–H and O–H groups in total. The van der Waals surface area contributed by atoms with Gasteiger partial charge in [0, 0.05) is 52.4 Å². The first-order valence-corrected chi connectivity index (χ1v) is 8.92. The second kappa shape index (κ2) is 11.8. The van der Waals surface area contributed by atoms with E-state index < -0.39 is 24.1 Å². The summed E-state index contributed by atoms with van der Waals surface area (Å²) < 4.78 is 0. The quantitative estimate of drug-likeness (QED) is 0.376. The lowest BCUT2D eigenvalue weighted by Gasteiger charge is -2.34. The monoisotopic (exact) mass is 390 g/mol. The minimum atomic E-state index is -0.989. The van der Waals surface area contributed by atoms with Crippen molar-refractivity contribution in [3.8, 4) is 0 Å². The first-order valence-electron chi connectivity index (χ1n) is 8.92. The van der Waals surface area contributed by atoms with E-state index in [0.717, 1.165) is 0 Å². The van der Waals surface area contributed by atoms with Crippen molar-refractivity contribution >= 4 is 17.9 Å². The van der Waals surface area contributed by atoms with Crippen molar-refractivity contribution in [2.75, 3.05) is 72.0 Å². The summed E-state index contributed by atoms with van der Waals surface area (Å²) in [6.45, 7) is 4.18. The molecule has 1 atom stereocenters. The summed E-state index contributed by atoms with van der Waals surface area (Å²) in [7, 11) is 0. The van der Waals surface area contributed by atoms with Gasteiger partial charge >= 0.3 is 17.9 Å². The molecule has 0 aromatic rings. The predicted octanol–water partition coefficient (Wildman–Crippen LogP) is -2.20. The summed E-state index contributed by atoms with van der Waals surface area (Å²) in [4.78, 5) is 40.1. The number of carbonyl (C=O) groups is 3. The number of rotatable bonds is 7. The Labute approximate surface area is 158 Å². The van der Waals surface area contributed by atoms with Crippen molar-refractivity contribution in [3.05, 3.63) is 0 Å². The summed E-state index contributed by atoms with van der Waals surface area (Å²) in [6.07, 6.45) is -0.741. The van der Waals surface area contributed by atoms with E-state index in [1.54, 1.807) is 26.5 Å². The molecule has 1 unspecified atom stereocenters. The molecule has 1 rings (SSSR count). The van der Waals surface area contributed by atoms with Crippen LogP contribution in [0.2, 0.25) is 0 Å². The van der Waals surface area contributed by atoms with Crippen LogP contribution in [0.5, 0.6) is 0 Å². The van der Waals surface area contributed by atoms with E-state index >= 15 is 0 Å². The third-order valence-electron chi connectivity index (χ3n) is 4.48. The number of carboxylic acid groups (broad SMARTS) is 3. The molecule has 0 radical (unpaired) electrons. The zero-order valence-corrected chi connectivity index (χ0v) is 15.7. The van der Waals surface area contributed by atoms with Gasteiger partial charge in [0.25, 0.3) is 0 Å². The molecule has 1 aliphatic heterocycles. The maximum absolute atomic E-state index is 11.1. The van der Waals surface area contributed by atoms with Crippen LogP contribution in [0.4, 0.5) is 0 Å². The Morgan fingerprint density at radius 3 is 1.15 bits per heavy atom. The van der Waals surface area contributed by atoms with Crippen molar-refractivity contribution in [1.82, 2.24) is 19.6 Å². The molecule has 1 fully saturated rings. The van der Waals surface area contributed by atoms with Crippen molar-refractivity contribution < 1.29 is 34.8 Å². The van der Waals surface area contributed by atoms with E-state index in [1.165, 1.54) is 0 Å². The number of aliphatic hydroxyl groups excluding tert-OH is 1. The average Bonchev–Trinajstić information content (AvgIpc) is 2.53. The summed E-state index contributed by atoms with van der Waals surface area (Å²) in [5.41, 5.74) is 0. The molecule has 0 amide bonds. The fourth-order valence-electron chi connectivity index (χ4n) is 2.97. The Bertz CT molecular complexity index is 471.